The van der Waals surface area contributed by atoms with E-state index < -0.39 is 0 Å². The Balaban J connectivity index is 2.27. The van der Waals surface area contributed by atoms with Gasteiger partial charge in [0.15, 0.2) is 0 Å². The van der Waals surface area contributed by atoms with E-state index in [1.807, 2.05) is 12.1 Å². The SMILES string of the molecule is CC(CN)(c1ccco1)C1CC1. The first-order valence-corrected chi connectivity index (χ1v) is 4.51. The summed E-state index contributed by atoms with van der Waals surface area (Å²) >= 11 is 0. The summed E-state index contributed by atoms with van der Waals surface area (Å²) < 4.78 is 5.41. The van der Waals surface area contributed by atoms with E-state index in [0.29, 0.717) is 6.54 Å². The van der Waals surface area contributed by atoms with Crippen LogP contribution in [-0.2, 0) is 5.41 Å². The third-order valence-electron chi connectivity index (χ3n) is 2.99. The monoisotopic (exact) mass is 165 g/mol. The molecule has 0 aliphatic heterocycles. The zero-order valence-corrected chi connectivity index (χ0v) is 7.42. The van der Waals surface area contributed by atoms with Crippen LogP contribution in [0.2, 0.25) is 0 Å². The van der Waals surface area contributed by atoms with Gasteiger partial charge in [-0.25, -0.2) is 0 Å². The van der Waals surface area contributed by atoms with Crippen LogP contribution in [0.3, 0.4) is 0 Å². The lowest BCUT2D eigenvalue weighted by Crippen LogP contribution is -2.33. The van der Waals surface area contributed by atoms with Crippen molar-refractivity contribution >= 4 is 0 Å². The molecule has 1 aliphatic carbocycles. The molecule has 66 valence electrons. The average Bonchev–Trinajstić information content (AvgIpc) is 2.80. The first-order valence-electron chi connectivity index (χ1n) is 4.51. The molecule has 1 aromatic heterocycles. The quantitative estimate of drug-likeness (QED) is 0.743. The number of hydrogen-bond donors (Lipinski definition) is 1. The molecule has 0 bridgehead atoms. The molecule has 0 aromatic carbocycles. The second-order valence-electron chi connectivity index (χ2n) is 3.87. The molecule has 0 amide bonds. The van der Waals surface area contributed by atoms with Crippen molar-refractivity contribution in [1.29, 1.82) is 0 Å². The summed E-state index contributed by atoms with van der Waals surface area (Å²) in [5, 5.41) is 0. The Morgan fingerprint density at radius 1 is 1.67 bits per heavy atom. The number of hydrogen-bond acceptors (Lipinski definition) is 2. The van der Waals surface area contributed by atoms with Crippen LogP contribution in [0.25, 0.3) is 0 Å². The molecular formula is C10H15NO. The van der Waals surface area contributed by atoms with Gasteiger partial charge in [-0.1, -0.05) is 6.92 Å². The molecule has 0 saturated heterocycles. The molecule has 1 fully saturated rings. The smallest absolute Gasteiger partial charge is 0.111 e. The molecule has 2 N–H and O–H groups in total. The van der Waals surface area contributed by atoms with Gasteiger partial charge in [-0.2, -0.15) is 0 Å². The third kappa shape index (κ3) is 1.07. The summed E-state index contributed by atoms with van der Waals surface area (Å²) in [5.41, 5.74) is 5.87. The first-order chi connectivity index (χ1) is 5.77. The minimum absolute atomic E-state index is 0.0868. The fourth-order valence-corrected chi connectivity index (χ4v) is 1.79. The van der Waals surface area contributed by atoms with Gasteiger partial charge in [0.25, 0.3) is 0 Å². The molecule has 2 rings (SSSR count). The lowest BCUT2D eigenvalue weighted by Gasteiger charge is -2.25. The molecule has 1 aliphatic rings. The fourth-order valence-electron chi connectivity index (χ4n) is 1.79. The van der Waals surface area contributed by atoms with Gasteiger partial charge >= 0.3 is 0 Å². The zero-order chi connectivity index (χ0) is 8.60. The number of rotatable bonds is 3. The molecule has 1 aromatic rings. The van der Waals surface area contributed by atoms with Gasteiger partial charge in [-0.15, -0.1) is 0 Å². The molecule has 1 heterocycles. The van der Waals surface area contributed by atoms with E-state index in [1.54, 1.807) is 6.26 Å². The van der Waals surface area contributed by atoms with Crippen molar-refractivity contribution in [3.63, 3.8) is 0 Å². The summed E-state index contributed by atoms with van der Waals surface area (Å²) in [7, 11) is 0. The minimum Gasteiger partial charge on any atom is -0.469 e. The van der Waals surface area contributed by atoms with Crippen molar-refractivity contribution in [3.05, 3.63) is 24.2 Å². The van der Waals surface area contributed by atoms with Crippen LogP contribution in [0.5, 0.6) is 0 Å². The van der Waals surface area contributed by atoms with Crippen molar-refractivity contribution in [2.75, 3.05) is 6.54 Å². The summed E-state index contributed by atoms with van der Waals surface area (Å²) in [4.78, 5) is 0. The van der Waals surface area contributed by atoms with Crippen LogP contribution in [0, 0.1) is 5.92 Å². The molecular weight excluding hydrogens is 150 g/mol. The van der Waals surface area contributed by atoms with Crippen LogP contribution < -0.4 is 5.73 Å². The summed E-state index contributed by atoms with van der Waals surface area (Å²) in [5.74, 6) is 1.79. The maximum Gasteiger partial charge on any atom is 0.111 e. The second kappa shape index (κ2) is 2.63. The van der Waals surface area contributed by atoms with Gasteiger partial charge in [0.1, 0.15) is 5.76 Å². The van der Waals surface area contributed by atoms with E-state index in [9.17, 15) is 0 Å². The molecule has 1 saturated carbocycles. The lowest BCUT2D eigenvalue weighted by molar-refractivity contribution is 0.329. The molecule has 2 heteroatoms. The predicted molar refractivity (Wildman–Crippen MR) is 47.8 cm³/mol. The highest BCUT2D eigenvalue weighted by molar-refractivity contribution is 5.17. The second-order valence-corrected chi connectivity index (χ2v) is 3.87. The van der Waals surface area contributed by atoms with Gasteiger partial charge < -0.3 is 10.2 Å². The van der Waals surface area contributed by atoms with Crippen molar-refractivity contribution < 1.29 is 4.42 Å². The number of furan rings is 1. The molecule has 0 spiro atoms. The molecule has 2 nitrogen and oxygen atoms in total. The standard InChI is InChI=1S/C10H15NO/c1-10(7-11,8-4-5-8)9-3-2-6-12-9/h2-3,6,8H,4-5,7,11H2,1H3. The topological polar surface area (TPSA) is 39.2 Å². The molecule has 1 atom stereocenters. The third-order valence-corrected chi connectivity index (χ3v) is 2.99. The minimum atomic E-state index is 0.0868. The van der Waals surface area contributed by atoms with E-state index in [-0.39, 0.29) is 5.41 Å². The Kier molecular flexibility index (Phi) is 1.72. The van der Waals surface area contributed by atoms with Crippen LogP contribution in [0.15, 0.2) is 22.8 Å². The number of nitrogens with two attached hydrogens (primary N) is 1. The van der Waals surface area contributed by atoms with Gasteiger partial charge in [-0.3, -0.25) is 0 Å². The maximum atomic E-state index is 5.78. The lowest BCUT2D eigenvalue weighted by atomic mass is 9.82. The van der Waals surface area contributed by atoms with E-state index in [1.165, 1.54) is 12.8 Å². The maximum absolute atomic E-state index is 5.78. The van der Waals surface area contributed by atoms with E-state index in [2.05, 4.69) is 6.92 Å². The van der Waals surface area contributed by atoms with Crippen molar-refractivity contribution in [2.45, 2.75) is 25.2 Å². The average molecular weight is 165 g/mol. The van der Waals surface area contributed by atoms with Crippen LogP contribution in [0.4, 0.5) is 0 Å². The summed E-state index contributed by atoms with van der Waals surface area (Å²) in [6, 6.07) is 3.97. The van der Waals surface area contributed by atoms with Crippen LogP contribution in [0.1, 0.15) is 25.5 Å². The van der Waals surface area contributed by atoms with Gasteiger partial charge in [0, 0.05) is 12.0 Å². The van der Waals surface area contributed by atoms with Crippen LogP contribution >= 0.6 is 0 Å². The summed E-state index contributed by atoms with van der Waals surface area (Å²) in [6.07, 6.45) is 4.33. The molecule has 12 heavy (non-hydrogen) atoms. The predicted octanol–water partition coefficient (Wildman–Crippen LogP) is 1.91. The normalized spacial score (nSPS) is 22.2. The highest BCUT2D eigenvalue weighted by atomic mass is 16.3. The van der Waals surface area contributed by atoms with Crippen molar-refractivity contribution in [2.24, 2.45) is 11.7 Å². The Hall–Kier alpha value is -0.760. The van der Waals surface area contributed by atoms with Crippen molar-refractivity contribution in [1.82, 2.24) is 0 Å². The van der Waals surface area contributed by atoms with Gasteiger partial charge in [-0.05, 0) is 30.9 Å². The van der Waals surface area contributed by atoms with Crippen molar-refractivity contribution in [3.8, 4) is 0 Å². The highest BCUT2D eigenvalue weighted by Crippen LogP contribution is 2.46. The van der Waals surface area contributed by atoms with Gasteiger partial charge in [0.05, 0.1) is 6.26 Å². The zero-order valence-electron chi connectivity index (χ0n) is 7.42. The van der Waals surface area contributed by atoms with Crippen LogP contribution in [-0.4, -0.2) is 6.54 Å². The highest BCUT2D eigenvalue weighted by Gasteiger charge is 2.43. The van der Waals surface area contributed by atoms with E-state index >= 15 is 0 Å². The molecule has 1 unspecified atom stereocenters. The Morgan fingerprint density at radius 2 is 2.42 bits per heavy atom. The summed E-state index contributed by atoms with van der Waals surface area (Å²) in [6.45, 7) is 2.88. The van der Waals surface area contributed by atoms with Gasteiger partial charge in [0.2, 0.25) is 0 Å². The fraction of sp³-hybridized carbons (Fsp3) is 0.600. The Bertz CT molecular complexity index is 251. The Labute approximate surface area is 72.7 Å². The first kappa shape index (κ1) is 7.87. The largest absolute Gasteiger partial charge is 0.469 e. The van der Waals surface area contributed by atoms with E-state index in [0.717, 1.165) is 11.7 Å². The van der Waals surface area contributed by atoms with E-state index in [4.69, 9.17) is 10.2 Å². The Morgan fingerprint density at radius 3 is 2.83 bits per heavy atom. The molecule has 0 radical (unpaired) electrons.